The maximum Gasteiger partial charge on any atom is 0.306 e. The number of benzene rings is 1. The van der Waals surface area contributed by atoms with Crippen LogP contribution in [0, 0.1) is 17.3 Å². The van der Waals surface area contributed by atoms with Gasteiger partial charge in [-0.15, -0.1) is 0 Å². The average molecular weight is 372 g/mol. The lowest BCUT2D eigenvalue weighted by Gasteiger charge is -2.50. The van der Waals surface area contributed by atoms with E-state index in [0.29, 0.717) is 23.5 Å². The zero-order valence-electron chi connectivity index (χ0n) is 15.8. The van der Waals surface area contributed by atoms with Crippen molar-refractivity contribution in [2.24, 2.45) is 17.3 Å². The first-order valence-corrected chi connectivity index (χ1v) is 10.1. The van der Waals surface area contributed by atoms with Gasteiger partial charge in [-0.05, 0) is 79.5 Å². The van der Waals surface area contributed by atoms with Crippen LogP contribution in [-0.2, 0) is 20.7 Å². The largest absolute Gasteiger partial charge is 0.508 e. The molecule has 146 valence electrons. The molecule has 2 fully saturated rings. The van der Waals surface area contributed by atoms with Gasteiger partial charge in [-0.3, -0.25) is 9.59 Å². The normalized spacial score (nSPS) is 34.3. The van der Waals surface area contributed by atoms with Crippen molar-refractivity contribution >= 4 is 11.9 Å². The second kappa shape index (κ2) is 6.84. The molecule has 2 N–H and O–H groups in total. The van der Waals surface area contributed by atoms with Gasteiger partial charge in [0.2, 0.25) is 0 Å². The van der Waals surface area contributed by atoms with Crippen LogP contribution < -0.4 is 0 Å². The molecule has 5 atom stereocenters. The van der Waals surface area contributed by atoms with Crippen molar-refractivity contribution in [3.05, 3.63) is 29.3 Å². The number of rotatable bonds is 4. The molecule has 0 radical (unpaired) electrons. The highest BCUT2D eigenvalue weighted by molar-refractivity contribution is 5.76. The van der Waals surface area contributed by atoms with E-state index in [1.807, 2.05) is 6.07 Å². The van der Waals surface area contributed by atoms with Gasteiger partial charge < -0.3 is 14.9 Å². The third-order valence-electron chi connectivity index (χ3n) is 7.44. The lowest BCUT2D eigenvalue weighted by Crippen LogP contribution is -2.45. The zero-order chi connectivity index (χ0) is 19.2. The summed E-state index contributed by atoms with van der Waals surface area (Å²) < 4.78 is 5.76. The molecule has 4 rings (SSSR count). The number of carboxylic acid groups (broad SMARTS) is 1. The van der Waals surface area contributed by atoms with Crippen LogP contribution in [0.4, 0.5) is 0 Å². The van der Waals surface area contributed by atoms with Crippen molar-refractivity contribution < 1.29 is 24.5 Å². The topological polar surface area (TPSA) is 83.8 Å². The summed E-state index contributed by atoms with van der Waals surface area (Å²) in [6, 6.07) is 5.82. The number of phenols is 1. The number of aromatic hydroxyl groups is 1. The summed E-state index contributed by atoms with van der Waals surface area (Å²) in [5, 5.41) is 18.6. The number of esters is 1. The van der Waals surface area contributed by atoms with Gasteiger partial charge in [0.05, 0.1) is 12.8 Å². The summed E-state index contributed by atoms with van der Waals surface area (Å²) in [4.78, 5) is 22.8. The number of carbonyl (C=O) groups excluding carboxylic acids is 1. The Kier molecular flexibility index (Phi) is 4.65. The van der Waals surface area contributed by atoms with Gasteiger partial charge in [-0.2, -0.15) is 0 Å². The molecule has 1 aromatic carbocycles. The fourth-order valence-electron chi connectivity index (χ4n) is 6.14. The highest BCUT2D eigenvalue weighted by Crippen LogP contribution is 2.61. The second-order valence-corrected chi connectivity index (χ2v) is 8.79. The Morgan fingerprint density at radius 3 is 2.78 bits per heavy atom. The van der Waals surface area contributed by atoms with Gasteiger partial charge in [0.15, 0.2) is 0 Å². The number of aryl methyl sites for hydroxylation is 1. The van der Waals surface area contributed by atoms with E-state index >= 15 is 0 Å². The maximum atomic E-state index is 12.1. The van der Waals surface area contributed by atoms with Crippen molar-refractivity contribution in [2.45, 2.75) is 70.3 Å². The monoisotopic (exact) mass is 372 g/mol. The van der Waals surface area contributed by atoms with Crippen LogP contribution >= 0.6 is 0 Å². The van der Waals surface area contributed by atoms with Crippen LogP contribution in [0.15, 0.2) is 18.2 Å². The van der Waals surface area contributed by atoms with E-state index in [2.05, 4.69) is 13.0 Å². The molecule has 0 heterocycles. The fraction of sp³-hybridized carbons (Fsp3) is 0.636. The summed E-state index contributed by atoms with van der Waals surface area (Å²) in [6.45, 7) is 2.27. The van der Waals surface area contributed by atoms with Gasteiger partial charge in [0.25, 0.3) is 0 Å². The predicted octanol–water partition coefficient (Wildman–Crippen LogP) is 4.02. The molecule has 0 saturated heterocycles. The number of phenolic OH excluding ortho intramolecular Hbond substituents is 1. The standard InChI is InChI=1S/C22H28O5/c1-22-11-10-16-15-5-3-14(23)12-13(15)2-4-17(16)18(22)6-7-19(22)27-21(26)9-8-20(24)25/h3,5,12,16-19,23H,2,4,6-11H2,1H3,(H,24,25)/t16-,17+,18+,19-,22-/m0/s1. The van der Waals surface area contributed by atoms with Gasteiger partial charge in [0, 0.05) is 5.41 Å². The number of hydrogen-bond donors (Lipinski definition) is 2. The molecule has 0 spiro atoms. The highest BCUT2D eigenvalue weighted by Gasteiger charge is 2.56. The molecule has 2 saturated carbocycles. The van der Waals surface area contributed by atoms with E-state index in [0.717, 1.165) is 38.5 Å². The minimum absolute atomic E-state index is 0.00548. The second-order valence-electron chi connectivity index (χ2n) is 8.79. The molecule has 1 aromatic rings. The van der Waals surface area contributed by atoms with Crippen LogP contribution in [0.2, 0.25) is 0 Å². The minimum atomic E-state index is -0.963. The van der Waals surface area contributed by atoms with Gasteiger partial charge in [0.1, 0.15) is 11.9 Å². The third kappa shape index (κ3) is 3.21. The molecule has 3 aliphatic carbocycles. The van der Waals surface area contributed by atoms with E-state index in [1.54, 1.807) is 6.07 Å². The Hall–Kier alpha value is -2.04. The molecule has 0 aromatic heterocycles. The van der Waals surface area contributed by atoms with Gasteiger partial charge >= 0.3 is 11.9 Å². The maximum absolute atomic E-state index is 12.1. The van der Waals surface area contributed by atoms with Gasteiger partial charge in [-0.25, -0.2) is 0 Å². The molecule has 0 aliphatic heterocycles. The van der Waals surface area contributed by atoms with E-state index in [9.17, 15) is 14.7 Å². The van der Waals surface area contributed by atoms with Crippen LogP contribution in [0.5, 0.6) is 5.75 Å². The molecule has 0 unspecified atom stereocenters. The SMILES string of the molecule is C[C@]12CC[C@H]3c4ccc(O)cc4CC[C@H]3[C@H]1CC[C@@H]2OC(=O)CCC(=O)O. The first-order chi connectivity index (χ1) is 12.9. The number of fused-ring (bicyclic) bond motifs is 5. The van der Waals surface area contributed by atoms with Gasteiger partial charge in [-0.1, -0.05) is 13.0 Å². The zero-order valence-corrected chi connectivity index (χ0v) is 15.8. The first kappa shape index (κ1) is 18.3. The van der Waals surface area contributed by atoms with Crippen molar-refractivity contribution in [1.29, 1.82) is 0 Å². The number of ether oxygens (including phenoxy) is 1. The van der Waals surface area contributed by atoms with Crippen LogP contribution in [0.3, 0.4) is 0 Å². The number of carbonyl (C=O) groups is 2. The first-order valence-electron chi connectivity index (χ1n) is 10.1. The predicted molar refractivity (Wildman–Crippen MR) is 99.5 cm³/mol. The molecular weight excluding hydrogens is 344 g/mol. The average Bonchev–Trinajstić information content (AvgIpc) is 2.96. The lowest BCUT2D eigenvalue weighted by molar-refractivity contribution is -0.159. The molecular formula is C22H28O5. The number of carboxylic acids is 1. The van der Waals surface area contributed by atoms with E-state index in [4.69, 9.17) is 9.84 Å². The molecule has 3 aliphatic rings. The Morgan fingerprint density at radius 2 is 2.00 bits per heavy atom. The Balaban J connectivity index is 1.49. The molecule has 27 heavy (non-hydrogen) atoms. The highest BCUT2D eigenvalue weighted by atomic mass is 16.5. The minimum Gasteiger partial charge on any atom is -0.508 e. The van der Waals surface area contributed by atoms with E-state index in [-0.39, 0.29) is 30.3 Å². The summed E-state index contributed by atoms with van der Waals surface area (Å²) in [6.07, 6.45) is 5.88. The molecule has 5 nitrogen and oxygen atoms in total. The summed E-state index contributed by atoms with van der Waals surface area (Å²) >= 11 is 0. The van der Waals surface area contributed by atoms with Crippen molar-refractivity contribution in [3.8, 4) is 5.75 Å². The lowest BCUT2D eigenvalue weighted by atomic mass is 9.55. The van der Waals surface area contributed by atoms with Crippen LogP contribution in [0.1, 0.15) is 68.9 Å². The van der Waals surface area contributed by atoms with Crippen LogP contribution in [0.25, 0.3) is 0 Å². The van der Waals surface area contributed by atoms with Crippen molar-refractivity contribution in [1.82, 2.24) is 0 Å². The van der Waals surface area contributed by atoms with Crippen molar-refractivity contribution in [2.75, 3.05) is 0 Å². The Labute approximate surface area is 159 Å². The summed E-state index contributed by atoms with van der Waals surface area (Å²) in [5.41, 5.74) is 2.68. The van der Waals surface area contributed by atoms with E-state index < -0.39 is 5.97 Å². The Morgan fingerprint density at radius 1 is 1.19 bits per heavy atom. The quantitative estimate of drug-likeness (QED) is 0.780. The molecule has 0 bridgehead atoms. The molecule has 5 heteroatoms. The summed E-state index contributed by atoms with van der Waals surface area (Å²) in [7, 11) is 0. The number of hydrogen-bond acceptors (Lipinski definition) is 4. The summed E-state index contributed by atoms with van der Waals surface area (Å²) in [5.74, 6) is 0.681. The smallest absolute Gasteiger partial charge is 0.306 e. The number of aliphatic carboxylic acids is 1. The fourth-order valence-corrected chi connectivity index (χ4v) is 6.14. The third-order valence-corrected chi connectivity index (χ3v) is 7.44. The van der Waals surface area contributed by atoms with E-state index in [1.165, 1.54) is 11.1 Å². The molecule has 0 amide bonds. The van der Waals surface area contributed by atoms with Crippen molar-refractivity contribution in [3.63, 3.8) is 0 Å². The van der Waals surface area contributed by atoms with Crippen LogP contribution in [-0.4, -0.2) is 28.3 Å². The Bertz CT molecular complexity index is 757.